The van der Waals surface area contributed by atoms with Crippen molar-refractivity contribution < 1.29 is 14.7 Å². The molecule has 0 spiro atoms. The molecule has 0 unspecified atom stereocenters. The van der Waals surface area contributed by atoms with Crippen molar-refractivity contribution in [2.45, 2.75) is 6.42 Å². The lowest BCUT2D eigenvalue weighted by Gasteiger charge is -2.16. The van der Waals surface area contributed by atoms with Gasteiger partial charge in [0.1, 0.15) is 5.69 Å². The van der Waals surface area contributed by atoms with Crippen molar-refractivity contribution in [1.29, 1.82) is 0 Å². The molecule has 1 aromatic carbocycles. The second kappa shape index (κ2) is 4.24. The Bertz CT molecular complexity index is 649. The van der Waals surface area contributed by atoms with Crippen LogP contribution in [0.15, 0.2) is 30.7 Å². The van der Waals surface area contributed by atoms with Crippen molar-refractivity contribution in [2.24, 2.45) is 0 Å². The largest absolute Gasteiger partial charge is 0.478 e. The van der Waals surface area contributed by atoms with Gasteiger partial charge in [-0.2, -0.15) is 0 Å². The van der Waals surface area contributed by atoms with Gasteiger partial charge in [-0.1, -0.05) is 6.07 Å². The van der Waals surface area contributed by atoms with Crippen LogP contribution in [0.4, 0.5) is 5.69 Å². The van der Waals surface area contributed by atoms with Crippen molar-refractivity contribution >= 4 is 17.6 Å². The molecule has 0 saturated carbocycles. The van der Waals surface area contributed by atoms with E-state index in [1.807, 2.05) is 0 Å². The van der Waals surface area contributed by atoms with Gasteiger partial charge in [0.25, 0.3) is 5.91 Å². The number of nitrogens with zero attached hydrogens (tertiary/aromatic N) is 2. The molecule has 6 nitrogen and oxygen atoms in total. The van der Waals surface area contributed by atoms with E-state index >= 15 is 0 Å². The third-order valence-corrected chi connectivity index (χ3v) is 3.20. The van der Waals surface area contributed by atoms with Gasteiger partial charge < -0.3 is 15.0 Å². The van der Waals surface area contributed by atoms with Gasteiger partial charge in [-0.15, -0.1) is 0 Å². The number of nitrogens with one attached hydrogen (secondary N) is 1. The topological polar surface area (TPSA) is 86.3 Å². The zero-order chi connectivity index (χ0) is 13.4. The van der Waals surface area contributed by atoms with Gasteiger partial charge in [-0.3, -0.25) is 4.79 Å². The van der Waals surface area contributed by atoms with Crippen LogP contribution in [0.3, 0.4) is 0 Å². The summed E-state index contributed by atoms with van der Waals surface area (Å²) in [6.45, 7) is 0.552. The second-order valence-electron chi connectivity index (χ2n) is 4.32. The quantitative estimate of drug-likeness (QED) is 0.849. The Morgan fingerprint density at radius 2 is 2.21 bits per heavy atom. The van der Waals surface area contributed by atoms with Gasteiger partial charge in [0.15, 0.2) is 0 Å². The summed E-state index contributed by atoms with van der Waals surface area (Å²) in [6, 6.07) is 4.86. The standard InChI is InChI=1S/C13H11N3O3/c17-12(10-6-14-7-15-10)16-4-3-8-1-2-9(13(18)19)5-11(8)16/h1-2,5-7H,3-4H2,(H,14,15)(H,18,19). The van der Waals surface area contributed by atoms with Gasteiger partial charge >= 0.3 is 5.97 Å². The highest BCUT2D eigenvalue weighted by molar-refractivity contribution is 6.06. The number of benzene rings is 1. The highest BCUT2D eigenvalue weighted by atomic mass is 16.4. The summed E-state index contributed by atoms with van der Waals surface area (Å²) in [5.74, 6) is -1.19. The van der Waals surface area contributed by atoms with Gasteiger partial charge in [0.05, 0.1) is 18.1 Å². The normalized spacial score (nSPS) is 13.4. The molecule has 96 valence electrons. The summed E-state index contributed by atoms with van der Waals surface area (Å²) >= 11 is 0. The number of carboxylic acids is 1. The van der Waals surface area contributed by atoms with E-state index in [9.17, 15) is 9.59 Å². The first-order valence-electron chi connectivity index (χ1n) is 5.83. The minimum Gasteiger partial charge on any atom is -0.478 e. The molecule has 6 heteroatoms. The molecule has 0 saturated heterocycles. The zero-order valence-electron chi connectivity index (χ0n) is 9.96. The van der Waals surface area contributed by atoms with Crippen LogP contribution >= 0.6 is 0 Å². The molecule has 2 N–H and O–H groups in total. The van der Waals surface area contributed by atoms with Crippen molar-refractivity contribution in [1.82, 2.24) is 9.97 Å². The minimum atomic E-state index is -0.997. The van der Waals surface area contributed by atoms with E-state index < -0.39 is 5.97 Å². The van der Waals surface area contributed by atoms with Crippen LogP contribution < -0.4 is 4.90 Å². The van der Waals surface area contributed by atoms with Crippen LogP contribution in [-0.4, -0.2) is 33.5 Å². The maximum atomic E-state index is 12.3. The van der Waals surface area contributed by atoms with E-state index in [2.05, 4.69) is 9.97 Å². The maximum Gasteiger partial charge on any atom is 0.335 e. The molecule has 1 aliphatic rings. The number of carbonyl (C=O) groups is 2. The number of fused-ring (bicyclic) bond motifs is 1. The predicted molar refractivity (Wildman–Crippen MR) is 67.4 cm³/mol. The average molecular weight is 257 g/mol. The highest BCUT2D eigenvalue weighted by Gasteiger charge is 2.27. The molecule has 0 bridgehead atoms. The average Bonchev–Trinajstić information content (AvgIpc) is 3.06. The van der Waals surface area contributed by atoms with Gasteiger partial charge in [0, 0.05) is 12.2 Å². The van der Waals surface area contributed by atoms with Gasteiger partial charge in [0.2, 0.25) is 0 Å². The van der Waals surface area contributed by atoms with E-state index in [1.54, 1.807) is 23.1 Å². The number of anilines is 1. The molecule has 1 aliphatic heterocycles. The van der Waals surface area contributed by atoms with Gasteiger partial charge in [-0.05, 0) is 24.1 Å². The summed E-state index contributed by atoms with van der Waals surface area (Å²) in [7, 11) is 0. The fourth-order valence-corrected chi connectivity index (χ4v) is 2.24. The SMILES string of the molecule is O=C(O)c1ccc2c(c1)N(C(=O)c1cnc[nH]1)CC2. The number of carbonyl (C=O) groups excluding carboxylic acids is 1. The highest BCUT2D eigenvalue weighted by Crippen LogP contribution is 2.30. The Hall–Kier alpha value is -2.63. The number of hydrogen-bond donors (Lipinski definition) is 2. The lowest BCUT2D eigenvalue weighted by atomic mass is 10.1. The minimum absolute atomic E-state index is 0.183. The van der Waals surface area contributed by atoms with E-state index in [1.165, 1.54) is 12.5 Å². The second-order valence-corrected chi connectivity index (χ2v) is 4.32. The summed E-state index contributed by atoms with van der Waals surface area (Å²) in [5.41, 5.74) is 2.23. The third kappa shape index (κ3) is 1.87. The monoisotopic (exact) mass is 257 g/mol. The number of aromatic carboxylic acids is 1. The molecular formula is C13H11N3O3. The molecule has 3 rings (SSSR count). The lowest BCUT2D eigenvalue weighted by molar-refractivity contribution is 0.0696. The zero-order valence-corrected chi connectivity index (χ0v) is 9.96. The van der Waals surface area contributed by atoms with Crippen LogP contribution in [0.2, 0.25) is 0 Å². The molecule has 2 heterocycles. The molecular weight excluding hydrogens is 246 g/mol. The smallest absolute Gasteiger partial charge is 0.335 e. The Balaban J connectivity index is 1.99. The summed E-state index contributed by atoms with van der Waals surface area (Å²) in [5, 5.41) is 9.01. The number of amides is 1. The number of aromatic nitrogens is 2. The number of aromatic amines is 1. The van der Waals surface area contributed by atoms with E-state index in [-0.39, 0.29) is 11.5 Å². The fourth-order valence-electron chi connectivity index (χ4n) is 2.24. The Kier molecular flexibility index (Phi) is 2.56. The van der Waals surface area contributed by atoms with Crippen LogP contribution in [0, 0.1) is 0 Å². The molecule has 1 amide bonds. The first kappa shape index (κ1) is 11.5. The molecule has 19 heavy (non-hydrogen) atoms. The van der Waals surface area contributed by atoms with Crippen molar-refractivity contribution in [3.05, 3.63) is 47.5 Å². The van der Waals surface area contributed by atoms with Gasteiger partial charge in [-0.25, -0.2) is 9.78 Å². The Morgan fingerprint density at radius 1 is 1.37 bits per heavy atom. The number of carboxylic acid groups (broad SMARTS) is 1. The molecule has 0 aliphatic carbocycles. The van der Waals surface area contributed by atoms with Crippen molar-refractivity contribution in [3.63, 3.8) is 0 Å². The van der Waals surface area contributed by atoms with Crippen molar-refractivity contribution in [3.8, 4) is 0 Å². The molecule has 0 atom stereocenters. The number of hydrogen-bond acceptors (Lipinski definition) is 3. The molecule has 0 fully saturated rings. The van der Waals surface area contributed by atoms with Crippen LogP contribution in [0.5, 0.6) is 0 Å². The maximum absolute atomic E-state index is 12.3. The predicted octanol–water partition coefficient (Wildman–Crippen LogP) is 1.31. The van der Waals surface area contributed by atoms with E-state index in [0.29, 0.717) is 17.9 Å². The Morgan fingerprint density at radius 3 is 2.89 bits per heavy atom. The first-order valence-corrected chi connectivity index (χ1v) is 5.83. The molecule has 2 aromatic rings. The van der Waals surface area contributed by atoms with Crippen LogP contribution in [0.1, 0.15) is 26.4 Å². The first-order chi connectivity index (χ1) is 9.16. The van der Waals surface area contributed by atoms with E-state index in [4.69, 9.17) is 5.11 Å². The van der Waals surface area contributed by atoms with Crippen LogP contribution in [0.25, 0.3) is 0 Å². The molecule has 0 radical (unpaired) electrons. The summed E-state index contributed by atoms with van der Waals surface area (Å²) in [6.07, 6.45) is 3.63. The third-order valence-electron chi connectivity index (χ3n) is 3.20. The molecule has 1 aromatic heterocycles. The fraction of sp³-hybridized carbons (Fsp3) is 0.154. The van der Waals surface area contributed by atoms with Crippen LogP contribution in [-0.2, 0) is 6.42 Å². The Labute approximate surface area is 108 Å². The number of H-pyrrole nitrogens is 1. The number of imidazole rings is 1. The summed E-state index contributed by atoms with van der Waals surface area (Å²) in [4.78, 5) is 31.4. The lowest BCUT2D eigenvalue weighted by Crippen LogP contribution is -2.29. The summed E-state index contributed by atoms with van der Waals surface area (Å²) < 4.78 is 0. The number of rotatable bonds is 2. The van der Waals surface area contributed by atoms with Crippen molar-refractivity contribution in [2.75, 3.05) is 11.4 Å². The van der Waals surface area contributed by atoms with E-state index in [0.717, 1.165) is 12.0 Å².